The number of rotatable bonds is 2. The van der Waals surface area contributed by atoms with Gasteiger partial charge in [-0.15, -0.1) is 0 Å². The number of amides is 2. The molecule has 4 heteroatoms. The first kappa shape index (κ1) is 15.6. The normalized spacial score (nSPS) is 16.0. The summed E-state index contributed by atoms with van der Waals surface area (Å²) in [5, 5.41) is 0. The van der Waals surface area contributed by atoms with Gasteiger partial charge in [-0.05, 0) is 44.3 Å². The molecule has 0 spiro atoms. The lowest BCUT2D eigenvalue weighted by molar-refractivity contribution is 0.209. The monoisotopic (exact) mass is 309 g/mol. The Bertz CT molecular complexity index is 590. The van der Waals surface area contributed by atoms with Gasteiger partial charge in [-0.2, -0.15) is 0 Å². The summed E-state index contributed by atoms with van der Waals surface area (Å²) in [4.78, 5) is 19.2. The fourth-order valence-corrected chi connectivity index (χ4v) is 2.90. The molecule has 1 saturated heterocycles. The van der Waals surface area contributed by atoms with Crippen molar-refractivity contribution in [3.63, 3.8) is 0 Å². The van der Waals surface area contributed by atoms with Gasteiger partial charge in [0.2, 0.25) is 0 Å². The van der Waals surface area contributed by atoms with Gasteiger partial charge in [0.1, 0.15) is 0 Å². The Morgan fingerprint density at radius 1 is 0.826 bits per heavy atom. The summed E-state index contributed by atoms with van der Waals surface area (Å²) in [6, 6.07) is 19.8. The van der Waals surface area contributed by atoms with Crippen LogP contribution in [0.4, 0.5) is 16.2 Å². The van der Waals surface area contributed by atoms with E-state index < -0.39 is 0 Å². The topological polar surface area (TPSA) is 26.8 Å². The number of carbonyl (C=O) groups is 1. The average molecular weight is 309 g/mol. The summed E-state index contributed by atoms with van der Waals surface area (Å²) in [6.07, 6.45) is 1.01. The van der Waals surface area contributed by atoms with E-state index in [9.17, 15) is 4.79 Å². The summed E-state index contributed by atoms with van der Waals surface area (Å²) >= 11 is 0. The fraction of sp³-hybridized carbons (Fsp3) is 0.316. The van der Waals surface area contributed by atoms with Crippen LogP contribution in [0.25, 0.3) is 0 Å². The molecule has 0 N–H and O–H groups in total. The van der Waals surface area contributed by atoms with Crippen LogP contribution in [-0.4, -0.2) is 49.1 Å². The van der Waals surface area contributed by atoms with E-state index in [1.807, 2.05) is 70.5 Å². The number of likely N-dealkylation sites (N-methyl/N-ethyl adjacent to an activating group) is 1. The van der Waals surface area contributed by atoms with Crippen LogP contribution in [0.2, 0.25) is 0 Å². The van der Waals surface area contributed by atoms with E-state index >= 15 is 0 Å². The highest BCUT2D eigenvalue weighted by Gasteiger charge is 2.25. The molecule has 0 aromatic heterocycles. The molecule has 2 aromatic carbocycles. The zero-order valence-corrected chi connectivity index (χ0v) is 13.6. The molecule has 23 heavy (non-hydrogen) atoms. The standard InChI is InChI=1S/C19H23N3O/c1-20-13-8-14-21(16-15-20)19(23)22(17-9-4-2-5-10-17)18-11-6-3-7-12-18/h2-7,9-12H,8,13-16H2,1H3. The Morgan fingerprint density at radius 3 is 1.96 bits per heavy atom. The van der Waals surface area contributed by atoms with Crippen molar-refractivity contribution in [2.75, 3.05) is 38.1 Å². The number of benzene rings is 2. The molecule has 0 unspecified atom stereocenters. The number of nitrogens with zero attached hydrogens (tertiary/aromatic N) is 3. The van der Waals surface area contributed by atoms with Crippen LogP contribution in [0.5, 0.6) is 0 Å². The van der Waals surface area contributed by atoms with Gasteiger partial charge in [0.25, 0.3) is 0 Å². The number of carbonyl (C=O) groups excluding carboxylic acids is 1. The average Bonchev–Trinajstić information content (AvgIpc) is 2.82. The van der Waals surface area contributed by atoms with Gasteiger partial charge < -0.3 is 9.80 Å². The maximum atomic E-state index is 13.2. The molecule has 0 atom stereocenters. The van der Waals surface area contributed by atoms with Gasteiger partial charge >= 0.3 is 6.03 Å². The Hall–Kier alpha value is -2.33. The summed E-state index contributed by atoms with van der Waals surface area (Å²) in [6.45, 7) is 3.54. The lowest BCUT2D eigenvalue weighted by atomic mass is 10.2. The van der Waals surface area contributed by atoms with Crippen LogP contribution in [0, 0.1) is 0 Å². The first-order valence-electron chi connectivity index (χ1n) is 8.13. The van der Waals surface area contributed by atoms with E-state index in [1.165, 1.54) is 0 Å². The highest BCUT2D eigenvalue weighted by Crippen LogP contribution is 2.26. The van der Waals surface area contributed by atoms with Gasteiger partial charge in [0.05, 0.1) is 11.4 Å². The minimum atomic E-state index is 0.0534. The van der Waals surface area contributed by atoms with E-state index in [4.69, 9.17) is 0 Å². The Kier molecular flexibility index (Phi) is 4.93. The minimum Gasteiger partial charge on any atom is -0.323 e. The maximum Gasteiger partial charge on any atom is 0.329 e. The zero-order chi connectivity index (χ0) is 16.1. The molecule has 2 aromatic rings. The Balaban J connectivity index is 1.90. The van der Waals surface area contributed by atoms with E-state index in [2.05, 4.69) is 11.9 Å². The molecule has 0 bridgehead atoms. The predicted octanol–water partition coefficient (Wildman–Crippen LogP) is 3.58. The van der Waals surface area contributed by atoms with Gasteiger partial charge in [-0.25, -0.2) is 4.79 Å². The third-order valence-corrected chi connectivity index (χ3v) is 4.21. The van der Waals surface area contributed by atoms with Crippen molar-refractivity contribution in [1.29, 1.82) is 0 Å². The van der Waals surface area contributed by atoms with E-state index in [0.29, 0.717) is 0 Å². The van der Waals surface area contributed by atoms with E-state index in [1.54, 1.807) is 0 Å². The molecular weight excluding hydrogens is 286 g/mol. The Labute approximate surface area is 137 Å². The van der Waals surface area contributed by atoms with E-state index in [-0.39, 0.29) is 6.03 Å². The largest absolute Gasteiger partial charge is 0.329 e. The molecule has 120 valence electrons. The smallest absolute Gasteiger partial charge is 0.323 e. The lowest BCUT2D eigenvalue weighted by Gasteiger charge is -2.30. The fourth-order valence-electron chi connectivity index (χ4n) is 2.90. The molecule has 2 amide bonds. The second-order valence-corrected chi connectivity index (χ2v) is 5.93. The van der Waals surface area contributed by atoms with Gasteiger partial charge in [-0.1, -0.05) is 36.4 Å². The highest BCUT2D eigenvalue weighted by atomic mass is 16.2. The van der Waals surface area contributed by atoms with Crippen LogP contribution < -0.4 is 4.90 Å². The zero-order valence-electron chi connectivity index (χ0n) is 13.6. The van der Waals surface area contributed by atoms with Crippen LogP contribution >= 0.6 is 0 Å². The van der Waals surface area contributed by atoms with Gasteiger partial charge in [-0.3, -0.25) is 4.90 Å². The number of hydrogen-bond acceptors (Lipinski definition) is 2. The molecule has 4 nitrogen and oxygen atoms in total. The second kappa shape index (κ2) is 7.29. The molecular formula is C19H23N3O. The summed E-state index contributed by atoms with van der Waals surface area (Å²) in [7, 11) is 2.11. The minimum absolute atomic E-state index is 0.0534. The first-order valence-corrected chi connectivity index (χ1v) is 8.13. The molecule has 1 fully saturated rings. The van der Waals surface area contributed by atoms with Crippen molar-refractivity contribution < 1.29 is 4.79 Å². The number of hydrogen-bond donors (Lipinski definition) is 0. The molecule has 0 saturated carbocycles. The number of anilines is 2. The quantitative estimate of drug-likeness (QED) is 0.848. The van der Waals surface area contributed by atoms with Crippen molar-refractivity contribution in [2.24, 2.45) is 0 Å². The third kappa shape index (κ3) is 3.71. The first-order chi connectivity index (χ1) is 11.3. The van der Waals surface area contributed by atoms with Crippen LogP contribution in [0.1, 0.15) is 6.42 Å². The highest BCUT2D eigenvalue weighted by molar-refractivity contribution is 5.99. The SMILES string of the molecule is CN1CCCN(C(=O)N(c2ccccc2)c2ccccc2)CC1. The van der Waals surface area contributed by atoms with Gasteiger partial charge in [0, 0.05) is 19.6 Å². The van der Waals surface area contributed by atoms with Crippen molar-refractivity contribution in [2.45, 2.75) is 6.42 Å². The Morgan fingerprint density at radius 2 is 1.39 bits per heavy atom. The van der Waals surface area contributed by atoms with Crippen LogP contribution in [-0.2, 0) is 0 Å². The number of urea groups is 1. The van der Waals surface area contributed by atoms with Crippen LogP contribution in [0.3, 0.4) is 0 Å². The molecule has 1 aliphatic heterocycles. The summed E-state index contributed by atoms with van der Waals surface area (Å²) in [5.74, 6) is 0. The second-order valence-electron chi connectivity index (χ2n) is 5.93. The maximum absolute atomic E-state index is 13.2. The molecule has 1 aliphatic rings. The lowest BCUT2D eigenvalue weighted by Crippen LogP contribution is -2.42. The molecule has 3 rings (SSSR count). The van der Waals surface area contributed by atoms with Gasteiger partial charge in [0.15, 0.2) is 0 Å². The summed E-state index contributed by atoms with van der Waals surface area (Å²) < 4.78 is 0. The molecule has 0 aliphatic carbocycles. The molecule has 1 heterocycles. The van der Waals surface area contributed by atoms with Crippen molar-refractivity contribution >= 4 is 17.4 Å². The number of para-hydroxylation sites is 2. The molecule has 0 radical (unpaired) electrons. The predicted molar refractivity (Wildman–Crippen MR) is 94.1 cm³/mol. The van der Waals surface area contributed by atoms with Crippen LogP contribution in [0.15, 0.2) is 60.7 Å². The van der Waals surface area contributed by atoms with Crippen molar-refractivity contribution in [1.82, 2.24) is 9.80 Å². The van der Waals surface area contributed by atoms with Crippen molar-refractivity contribution in [3.05, 3.63) is 60.7 Å². The third-order valence-electron chi connectivity index (χ3n) is 4.21. The van der Waals surface area contributed by atoms with E-state index in [0.717, 1.165) is 44.0 Å². The van der Waals surface area contributed by atoms with Crippen molar-refractivity contribution in [3.8, 4) is 0 Å². The summed E-state index contributed by atoms with van der Waals surface area (Å²) in [5.41, 5.74) is 1.81.